The third kappa shape index (κ3) is 7.20. The fourth-order valence-electron chi connectivity index (χ4n) is 2.87. The van der Waals surface area contributed by atoms with E-state index < -0.39 is 28.4 Å². The first kappa shape index (κ1) is 27.0. The van der Waals surface area contributed by atoms with Crippen LogP contribution in [0.25, 0.3) is 0 Å². The summed E-state index contributed by atoms with van der Waals surface area (Å²) in [7, 11) is -2.84. The number of amides is 1. The molecule has 0 spiro atoms. The van der Waals surface area contributed by atoms with Gasteiger partial charge in [-0.15, -0.1) is 0 Å². The fraction of sp³-hybridized carbons (Fsp3) is 0.125. The van der Waals surface area contributed by atoms with Crippen molar-refractivity contribution in [2.24, 2.45) is 5.10 Å². The number of halogens is 2. The molecule has 0 aromatic heterocycles. The van der Waals surface area contributed by atoms with E-state index in [1.54, 1.807) is 42.5 Å². The Labute approximate surface area is 218 Å². The Balaban J connectivity index is 1.72. The van der Waals surface area contributed by atoms with Crippen molar-refractivity contribution >= 4 is 57.0 Å². The Morgan fingerprint density at radius 1 is 1.00 bits per heavy atom. The van der Waals surface area contributed by atoms with Crippen LogP contribution < -0.4 is 14.5 Å². The van der Waals surface area contributed by atoms with E-state index in [-0.39, 0.29) is 27.2 Å². The molecule has 0 aliphatic heterocycles. The molecule has 0 fully saturated rings. The molecule has 0 bridgehead atoms. The van der Waals surface area contributed by atoms with Crippen molar-refractivity contribution in [2.75, 3.05) is 24.6 Å². The molecule has 0 aliphatic rings. The summed E-state index contributed by atoms with van der Waals surface area (Å²) in [5.41, 5.74) is 3.10. The van der Waals surface area contributed by atoms with Crippen LogP contribution in [0.5, 0.6) is 5.75 Å². The summed E-state index contributed by atoms with van der Waals surface area (Å²) in [6.07, 6.45) is 1.37. The number of rotatable bonds is 10. The molecule has 1 amide bonds. The fourth-order valence-corrected chi connectivity index (χ4v) is 4.60. The van der Waals surface area contributed by atoms with Crippen molar-refractivity contribution in [3.63, 3.8) is 0 Å². The zero-order chi connectivity index (χ0) is 26.1. The summed E-state index contributed by atoms with van der Waals surface area (Å²) in [6.45, 7) is -0.784. The van der Waals surface area contributed by atoms with Gasteiger partial charge in [0.15, 0.2) is 6.61 Å². The molecule has 3 aromatic rings. The Morgan fingerprint density at radius 3 is 2.33 bits per heavy atom. The quantitative estimate of drug-likeness (QED) is 0.233. The SMILES string of the molecule is COC(=O)COc1ccc(/C=N\NC(=O)CN(c2ccc(Cl)c(Cl)c2)S(=O)(=O)c2ccccc2)cc1. The number of ether oxygens (including phenoxy) is 2. The molecule has 0 heterocycles. The highest BCUT2D eigenvalue weighted by molar-refractivity contribution is 7.92. The summed E-state index contributed by atoms with van der Waals surface area (Å²) in [5, 5.41) is 4.27. The number of carbonyl (C=O) groups is 2. The summed E-state index contributed by atoms with van der Waals surface area (Å²) >= 11 is 12.1. The average molecular weight is 550 g/mol. The van der Waals surface area contributed by atoms with E-state index in [9.17, 15) is 18.0 Å². The molecule has 0 aliphatic carbocycles. The van der Waals surface area contributed by atoms with Crippen molar-refractivity contribution in [3.05, 3.63) is 88.4 Å². The van der Waals surface area contributed by atoms with Crippen LogP contribution in [0.2, 0.25) is 10.0 Å². The van der Waals surface area contributed by atoms with Crippen LogP contribution in [0, 0.1) is 0 Å². The predicted molar refractivity (Wildman–Crippen MR) is 137 cm³/mol. The van der Waals surface area contributed by atoms with Crippen LogP contribution in [0.15, 0.2) is 82.8 Å². The number of sulfonamides is 1. The molecule has 0 saturated carbocycles. The lowest BCUT2D eigenvalue weighted by Crippen LogP contribution is -2.39. The van der Waals surface area contributed by atoms with Crippen LogP contribution in [-0.2, 0) is 24.3 Å². The summed E-state index contributed by atoms with van der Waals surface area (Å²) in [5.74, 6) is -0.743. The van der Waals surface area contributed by atoms with Gasteiger partial charge in [0.05, 0.1) is 34.0 Å². The van der Waals surface area contributed by atoms with Crippen LogP contribution >= 0.6 is 23.2 Å². The van der Waals surface area contributed by atoms with Crippen molar-refractivity contribution in [1.82, 2.24) is 5.43 Å². The first-order chi connectivity index (χ1) is 17.2. The number of hydrogen-bond donors (Lipinski definition) is 1. The molecular weight excluding hydrogens is 529 g/mol. The molecule has 3 aromatic carbocycles. The highest BCUT2D eigenvalue weighted by atomic mass is 35.5. The molecule has 9 nitrogen and oxygen atoms in total. The summed E-state index contributed by atoms with van der Waals surface area (Å²) < 4.78 is 37.3. The van der Waals surface area contributed by atoms with Gasteiger partial charge in [-0.05, 0) is 60.2 Å². The van der Waals surface area contributed by atoms with Gasteiger partial charge >= 0.3 is 5.97 Å². The molecule has 36 heavy (non-hydrogen) atoms. The van der Waals surface area contributed by atoms with Gasteiger partial charge in [-0.3, -0.25) is 9.10 Å². The largest absolute Gasteiger partial charge is 0.482 e. The first-order valence-corrected chi connectivity index (χ1v) is 12.5. The second kappa shape index (κ2) is 12.4. The normalized spacial score (nSPS) is 11.2. The number of anilines is 1. The standard InChI is InChI=1S/C24H21Cl2N3O6S/c1-34-24(31)16-35-19-10-7-17(8-11-19)14-27-28-23(30)15-29(18-9-12-21(25)22(26)13-18)36(32,33)20-5-3-2-4-6-20/h2-14H,15-16H2,1H3,(H,28,30)/b27-14-. The second-order valence-electron chi connectivity index (χ2n) is 7.15. The summed E-state index contributed by atoms with van der Waals surface area (Å²) in [4.78, 5) is 23.8. The van der Waals surface area contributed by atoms with Crippen molar-refractivity contribution < 1.29 is 27.5 Å². The topological polar surface area (TPSA) is 114 Å². The number of hydrazone groups is 1. The monoisotopic (exact) mass is 549 g/mol. The van der Waals surface area contributed by atoms with Crippen molar-refractivity contribution in [2.45, 2.75) is 4.90 Å². The van der Waals surface area contributed by atoms with Crippen LogP contribution in [0.4, 0.5) is 5.69 Å². The van der Waals surface area contributed by atoms with E-state index in [2.05, 4.69) is 15.3 Å². The number of esters is 1. The minimum absolute atomic E-state index is 0.00174. The van der Waals surface area contributed by atoms with E-state index >= 15 is 0 Å². The Bertz CT molecular complexity index is 1350. The third-order valence-electron chi connectivity index (χ3n) is 4.68. The average Bonchev–Trinajstić information content (AvgIpc) is 2.88. The van der Waals surface area contributed by atoms with Crippen molar-refractivity contribution in [1.29, 1.82) is 0 Å². The summed E-state index contributed by atoms with van der Waals surface area (Å²) in [6, 6.07) is 18.5. The van der Waals surface area contributed by atoms with Gasteiger partial charge in [0.2, 0.25) is 0 Å². The number of carbonyl (C=O) groups excluding carboxylic acids is 2. The minimum atomic E-state index is -4.10. The van der Waals surface area contributed by atoms with Gasteiger partial charge in [-0.1, -0.05) is 41.4 Å². The van der Waals surface area contributed by atoms with Gasteiger partial charge < -0.3 is 9.47 Å². The maximum atomic E-state index is 13.3. The zero-order valence-electron chi connectivity index (χ0n) is 18.9. The molecule has 1 N–H and O–H groups in total. The molecule has 0 atom stereocenters. The van der Waals surface area contributed by atoms with Crippen LogP contribution in [-0.4, -0.2) is 46.8 Å². The lowest BCUT2D eigenvalue weighted by atomic mass is 10.2. The zero-order valence-corrected chi connectivity index (χ0v) is 21.3. The van der Waals surface area contributed by atoms with Gasteiger partial charge in [-0.25, -0.2) is 18.6 Å². The number of methoxy groups -OCH3 is 1. The van der Waals surface area contributed by atoms with E-state index in [0.717, 1.165) is 4.31 Å². The molecule has 0 radical (unpaired) electrons. The first-order valence-electron chi connectivity index (χ1n) is 10.3. The van der Waals surface area contributed by atoms with E-state index in [1.165, 1.54) is 43.7 Å². The second-order valence-corrected chi connectivity index (χ2v) is 9.83. The van der Waals surface area contributed by atoms with Crippen LogP contribution in [0.3, 0.4) is 0 Å². The van der Waals surface area contributed by atoms with Gasteiger partial charge in [-0.2, -0.15) is 5.10 Å². The maximum absolute atomic E-state index is 13.3. The van der Waals surface area contributed by atoms with E-state index in [1.807, 2.05) is 0 Å². The number of benzene rings is 3. The highest BCUT2D eigenvalue weighted by Crippen LogP contribution is 2.30. The molecule has 0 saturated heterocycles. The Morgan fingerprint density at radius 2 is 1.69 bits per heavy atom. The number of hydrogen-bond acceptors (Lipinski definition) is 7. The van der Waals surface area contributed by atoms with Crippen molar-refractivity contribution in [3.8, 4) is 5.75 Å². The lowest BCUT2D eigenvalue weighted by molar-refractivity contribution is -0.142. The molecule has 12 heteroatoms. The Kier molecular flexibility index (Phi) is 9.29. The predicted octanol–water partition coefficient (Wildman–Crippen LogP) is 3.89. The minimum Gasteiger partial charge on any atom is -0.482 e. The molecule has 0 unspecified atom stereocenters. The molecular formula is C24H21Cl2N3O6S. The van der Waals surface area contributed by atoms with E-state index in [4.69, 9.17) is 27.9 Å². The maximum Gasteiger partial charge on any atom is 0.343 e. The van der Waals surface area contributed by atoms with Crippen LogP contribution in [0.1, 0.15) is 5.56 Å². The lowest BCUT2D eigenvalue weighted by Gasteiger charge is -2.24. The van der Waals surface area contributed by atoms with Gasteiger partial charge in [0.1, 0.15) is 12.3 Å². The highest BCUT2D eigenvalue weighted by Gasteiger charge is 2.27. The third-order valence-corrected chi connectivity index (χ3v) is 7.20. The Hall–Kier alpha value is -3.60. The number of nitrogens with zero attached hydrogens (tertiary/aromatic N) is 2. The van der Waals surface area contributed by atoms with E-state index in [0.29, 0.717) is 11.3 Å². The number of nitrogens with one attached hydrogen (secondary N) is 1. The van der Waals surface area contributed by atoms with Gasteiger partial charge in [0.25, 0.3) is 15.9 Å². The smallest absolute Gasteiger partial charge is 0.343 e. The molecule has 188 valence electrons. The molecule has 3 rings (SSSR count). The van der Waals surface area contributed by atoms with Gasteiger partial charge in [0, 0.05) is 0 Å².